The molecule has 0 unspecified atom stereocenters. The first-order valence-electron chi connectivity index (χ1n) is 8.94. The Morgan fingerprint density at radius 2 is 1.96 bits per heavy atom. The number of amides is 1. The van der Waals surface area contributed by atoms with Crippen LogP contribution in [0, 0.1) is 0 Å². The highest BCUT2D eigenvalue weighted by Crippen LogP contribution is 2.37. The van der Waals surface area contributed by atoms with E-state index in [0.717, 1.165) is 48.0 Å². The molecule has 0 saturated carbocycles. The number of benzene rings is 2. The molecule has 0 aromatic heterocycles. The normalized spacial score (nSPS) is 17.6. The van der Waals surface area contributed by atoms with Crippen LogP contribution in [0.15, 0.2) is 48.5 Å². The highest BCUT2D eigenvalue weighted by molar-refractivity contribution is 7.99. The largest absolute Gasteiger partial charge is 0.497 e. The number of rotatable bonds is 5. The van der Waals surface area contributed by atoms with Gasteiger partial charge in [-0.1, -0.05) is 41.9 Å². The maximum absolute atomic E-state index is 12.6. The lowest BCUT2D eigenvalue weighted by Crippen LogP contribution is -2.33. The number of halogens is 1. The molecule has 0 bridgehead atoms. The van der Waals surface area contributed by atoms with Crippen LogP contribution in [0.3, 0.4) is 0 Å². The zero-order valence-electron chi connectivity index (χ0n) is 15.0. The second kappa shape index (κ2) is 9.33. The second-order valence-corrected chi connectivity index (χ2v) is 8.12. The number of carbonyl (C=O) groups is 1. The van der Waals surface area contributed by atoms with Gasteiger partial charge < -0.3 is 9.64 Å². The van der Waals surface area contributed by atoms with Crippen molar-refractivity contribution < 1.29 is 9.53 Å². The van der Waals surface area contributed by atoms with Gasteiger partial charge in [0.1, 0.15) is 5.75 Å². The number of carbonyl (C=O) groups excluding carboxylic acids is 1. The minimum atomic E-state index is 0.237. The first kappa shape index (κ1) is 19.1. The summed E-state index contributed by atoms with van der Waals surface area (Å²) in [6, 6.07) is 16.0. The quantitative estimate of drug-likeness (QED) is 0.721. The predicted octanol–water partition coefficient (Wildman–Crippen LogP) is 4.99. The van der Waals surface area contributed by atoms with Crippen molar-refractivity contribution >= 4 is 29.3 Å². The Kier molecular flexibility index (Phi) is 6.86. The average molecular weight is 390 g/mol. The molecule has 0 radical (unpaired) electrons. The number of methoxy groups -OCH3 is 1. The van der Waals surface area contributed by atoms with Crippen LogP contribution in [-0.2, 0) is 11.2 Å². The van der Waals surface area contributed by atoms with E-state index in [1.54, 1.807) is 7.11 Å². The van der Waals surface area contributed by atoms with E-state index in [-0.39, 0.29) is 5.91 Å². The molecule has 1 heterocycles. The van der Waals surface area contributed by atoms with Crippen molar-refractivity contribution in [3.05, 3.63) is 64.7 Å². The number of ether oxygens (including phenoxy) is 1. The smallest absolute Gasteiger partial charge is 0.222 e. The lowest BCUT2D eigenvalue weighted by molar-refractivity contribution is -0.130. The van der Waals surface area contributed by atoms with Gasteiger partial charge in [0.05, 0.1) is 7.11 Å². The van der Waals surface area contributed by atoms with Gasteiger partial charge in [-0.25, -0.2) is 0 Å². The average Bonchev–Trinajstić information content (AvgIpc) is 2.93. The molecule has 5 heteroatoms. The van der Waals surface area contributed by atoms with Gasteiger partial charge in [-0.05, 0) is 42.2 Å². The molecule has 138 valence electrons. The molecule has 1 fully saturated rings. The molecule has 0 aliphatic carbocycles. The Morgan fingerprint density at radius 3 is 2.69 bits per heavy atom. The molecule has 0 spiro atoms. The van der Waals surface area contributed by atoms with Gasteiger partial charge in [-0.15, -0.1) is 0 Å². The number of hydrogen-bond donors (Lipinski definition) is 0. The van der Waals surface area contributed by atoms with Crippen molar-refractivity contribution in [3.63, 3.8) is 0 Å². The van der Waals surface area contributed by atoms with Crippen LogP contribution in [0.4, 0.5) is 0 Å². The molecular weight excluding hydrogens is 366 g/mol. The summed E-state index contributed by atoms with van der Waals surface area (Å²) in [7, 11) is 1.66. The van der Waals surface area contributed by atoms with Crippen LogP contribution in [0.5, 0.6) is 5.75 Å². The first-order chi connectivity index (χ1) is 12.7. The van der Waals surface area contributed by atoms with E-state index in [9.17, 15) is 4.79 Å². The molecule has 2 aromatic rings. The summed E-state index contributed by atoms with van der Waals surface area (Å²) in [5.41, 5.74) is 2.35. The minimum absolute atomic E-state index is 0.237. The summed E-state index contributed by atoms with van der Waals surface area (Å²) in [4.78, 5) is 14.6. The van der Waals surface area contributed by atoms with Crippen LogP contribution in [0.25, 0.3) is 0 Å². The molecule has 1 aliphatic heterocycles. The Balaban J connectivity index is 1.53. The summed E-state index contributed by atoms with van der Waals surface area (Å²) in [6.45, 7) is 1.61. The van der Waals surface area contributed by atoms with E-state index in [0.29, 0.717) is 11.7 Å². The SMILES string of the molecule is COc1ccc(CCC(=O)N2CCS[C@H](c3ccccc3Cl)CC2)cc1. The molecular formula is C21H24ClNO2S. The Bertz CT molecular complexity index is 735. The van der Waals surface area contributed by atoms with E-state index in [1.165, 1.54) is 5.56 Å². The lowest BCUT2D eigenvalue weighted by atomic mass is 10.1. The lowest BCUT2D eigenvalue weighted by Gasteiger charge is -2.20. The summed E-state index contributed by atoms with van der Waals surface area (Å²) in [5, 5.41) is 1.19. The Labute approximate surface area is 164 Å². The van der Waals surface area contributed by atoms with Crippen molar-refractivity contribution in [1.29, 1.82) is 0 Å². The van der Waals surface area contributed by atoms with Crippen molar-refractivity contribution in [2.75, 3.05) is 26.0 Å². The van der Waals surface area contributed by atoms with Crippen LogP contribution >= 0.6 is 23.4 Å². The summed E-state index contributed by atoms with van der Waals surface area (Å²) in [6.07, 6.45) is 2.26. The zero-order chi connectivity index (χ0) is 18.4. The van der Waals surface area contributed by atoms with Gasteiger partial charge in [-0.2, -0.15) is 11.8 Å². The Hall–Kier alpha value is -1.65. The highest BCUT2D eigenvalue weighted by atomic mass is 35.5. The molecule has 1 aliphatic rings. The number of nitrogens with zero attached hydrogens (tertiary/aromatic N) is 1. The third-order valence-corrected chi connectivity index (χ3v) is 6.39. The number of aryl methyl sites for hydroxylation is 1. The van der Waals surface area contributed by atoms with E-state index in [1.807, 2.05) is 59.1 Å². The van der Waals surface area contributed by atoms with Gasteiger partial charge >= 0.3 is 0 Å². The van der Waals surface area contributed by atoms with Crippen LogP contribution in [-0.4, -0.2) is 36.8 Å². The van der Waals surface area contributed by atoms with Gasteiger partial charge in [0, 0.05) is 35.5 Å². The van der Waals surface area contributed by atoms with Gasteiger partial charge in [0.25, 0.3) is 0 Å². The van der Waals surface area contributed by atoms with E-state index >= 15 is 0 Å². The third kappa shape index (κ3) is 4.95. The zero-order valence-corrected chi connectivity index (χ0v) is 16.6. The van der Waals surface area contributed by atoms with E-state index in [4.69, 9.17) is 16.3 Å². The molecule has 1 saturated heterocycles. The monoisotopic (exact) mass is 389 g/mol. The molecule has 2 aromatic carbocycles. The molecule has 1 amide bonds. The van der Waals surface area contributed by atoms with Crippen LogP contribution in [0.1, 0.15) is 29.2 Å². The van der Waals surface area contributed by atoms with E-state index < -0.39 is 0 Å². The molecule has 1 atom stereocenters. The van der Waals surface area contributed by atoms with Crippen molar-refractivity contribution in [2.24, 2.45) is 0 Å². The summed E-state index contributed by atoms with van der Waals surface area (Å²) >= 11 is 8.24. The fraction of sp³-hybridized carbons (Fsp3) is 0.381. The molecule has 26 heavy (non-hydrogen) atoms. The summed E-state index contributed by atoms with van der Waals surface area (Å²) in [5.74, 6) is 2.03. The predicted molar refractivity (Wildman–Crippen MR) is 109 cm³/mol. The second-order valence-electron chi connectivity index (χ2n) is 6.40. The first-order valence-corrected chi connectivity index (χ1v) is 10.4. The topological polar surface area (TPSA) is 29.5 Å². The van der Waals surface area contributed by atoms with Crippen molar-refractivity contribution in [1.82, 2.24) is 4.90 Å². The van der Waals surface area contributed by atoms with Crippen LogP contribution in [0.2, 0.25) is 5.02 Å². The van der Waals surface area contributed by atoms with Gasteiger partial charge in [0.15, 0.2) is 0 Å². The third-order valence-electron chi connectivity index (χ3n) is 4.73. The molecule has 0 N–H and O–H groups in total. The Morgan fingerprint density at radius 1 is 1.19 bits per heavy atom. The number of hydrogen-bond acceptors (Lipinski definition) is 3. The maximum Gasteiger partial charge on any atom is 0.222 e. The molecule has 3 nitrogen and oxygen atoms in total. The fourth-order valence-corrected chi connectivity index (χ4v) is 4.81. The van der Waals surface area contributed by atoms with Gasteiger partial charge in [-0.3, -0.25) is 4.79 Å². The molecule has 3 rings (SSSR count). The van der Waals surface area contributed by atoms with Crippen molar-refractivity contribution in [2.45, 2.75) is 24.5 Å². The van der Waals surface area contributed by atoms with Gasteiger partial charge in [0.2, 0.25) is 5.91 Å². The fourth-order valence-electron chi connectivity index (χ4n) is 3.21. The number of thioether (sulfide) groups is 1. The van der Waals surface area contributed by atoms with Crippen LogP contribution < -0.4 is 4.74 Å². The van der Waals surface area contributed by atoms with Crippen molar-refractivity contribution in [3.8, 4) is 5.75 Å². The highest BCUT2D eigenvalue weighted by Gasteiger charge is 2.23. The standard InChI is InChI=1S/C21H24ClNO2S/c1-25-17-9-6-16(7-10-17)8-11-21(24)23-13-12-20(26-15-14-23)18-4-2-3-5-19(18)22/h2-7,9-10,20H,8,11-15H2,1H3/t20-/m0/s1. The minimum Gasteiger partial charge on any atom is -0.497 e. The summed E-state index contributed by atoms with van der Waals surface area (Å²) < 4.78 is 5.17. The van der Waals surface area contributed by atoms with E-state index in [2.05, 4.69) is 6.07 Å². The maximum atomic E-state index is 12.6.